The van der Waals surface area contributed by atoms with Gasteiger partial charge in [-0.1, -0.05) is 24.3 Å². The average molecular weight is 443 g/mol. The van der Waals surface area contributed by atoms with E-state index < -0.39 is 0 Å². The minimum atomic E-state index is -0.286. The quantitative estimate of drug-likeness (QED) is 0.623. The molecule has 1 fully saturated rings. The number of carbonyl (C=O) groups excluding carboxylic acids is 1. The van der Waals surface area contributed by atoms with E-state index in [1.807, 2.05) is 12.3 Å². The molecular formula is C23H24F2N4OS. The standard InChI is InChI=1S/C23H24F2N4OS/c1-16(22(30)27-23-26-10-15-31-23)28-11-13-29(14-12-28)21(17-2-6-19(24)7-3-17)18-4-8-20(25)9-5-18/h2-10,15-16,21H,11-14H2,1H3,(H,26,27,30). The average Bonchev–Trinajstić information content (AvgIpc) is 3.29. The van der Waals surface area contributed by atoms with Crippen LogP contribution in [-0.4, -0.2) is 52.9 Å². The van der Waals surface area contributed by atoms with Crippen LogP contribution in [-0.2, 0) is 4.79 Å². The Hall–Kier alpha value is -2.68. The van der Waals surface area contributed by atoms with Gasteiger partial charge >= 0.3 is 0 Å². The maximum Gasteiger partial charge on any atom is 0.243 e. The van der Waals surface area contributed by atoms with Crippen LogP contribution in [0.1, 0.15) is 24.1 Å². The fraction of sp³-hybridized carbons (Fsp3) is 0.304. The molecule has 1 aliphatic rings. The van der Waals surface area contributed by atoms with Crippen molar-refractivity contribution >= 4 is 22.4 Å². The Morgan fingerprint density at radius 1 is 0.935 bits per heavy atom. The van der Waals surface area contributed by atoms with Gasteiger partial charge in [0.2, 0.25) is 5.91 Å². The van der Waals surface area contributed by atoms with Gasteiger partial charge in [0.05, 0.1) is 12.1 Å². The zero-order valence-corrected chi connectivity index (χ0v) is 18.0. The van der Waals surface area contributed by atoms with Gasteiger partial charge in [0.1, 0.15) is 11.6 Å². The lowest BCUT2D eigenvalue weighted by Gasteiger charge is -2.41. The van der Waals surface area contributed by atoms with Gasteiger partial charge in [-0.3, -0.25) is 14.6 Å². The summed E-state index contributed by atoms with van der Waals surface area (Å²) in [6.07, 6.45) is 1.66. The largest absolute Gasteiger partial charge is 0.301 e. The first kappa shape index (κ1) is 21.5. The molecule has 31 heavy (non-hydrogen) atoms. The Labute approximate surface area is 184 Å². The number of thiazole rings is 1. The lowest BCUT2D eigenvalue weighted by atomic mass is 9.96. The summed E-state index contributed by atoms with van der Waals surface area (Å²) >= 11 is 1.39. The first-order valence-electron chi connectivity index (χ1n) is 10.2. The third-order valence-electron chi connectivity index (χ3n) is 5.68. The minimum absolute atomic E-state index is 0.0722. The Morgan fingerprint density at radius 2 is 1.45 bits per heavy atom. The SMILES string of the molecule is CC(C(=O)Nc1nccs1)N1CCN(C(c2ccc(F)cc2)c2ccc(F)cc2)CC1. The van der Waals surface area contributed by atoms with Gasteiger partial charge in [0, 0.05) is 37.8 Å². The summed E-state index contributed by atoms with van der Waals surface area (Å²) in [5.74, 6) is -0.644. The number of rotatable bonds is 6. The molecule has 0 saturated carbocycles. The summed E-state index contributed by atoms with van der Waals surface area (Å²) in [5.41, 5.74) is 1.91. The lowest BCUT2D eigenvalue weighted by molar-refractivity contribution is -0.121. The summed E-state index contributed by atoms with van der Waals surface area (Å²) in [5, 5.41) is 5.28. The monoisotopic (exact) mass is 442 g/mol. The Morgan fingerprint density at radius 3 is 1.94 bits per heavy atom. The molecule has 1 atom stereocenters. The summed E-state index contributed by atoms with van der Waals surface area (Å²) < 4.78 is 27.0. The van der Waals surface area contributed by atoms with E-state index in [0.29, 0.717) is 18.2 Å². The number of anilines is 1. The molecule has 0 radical (unpaired) electrons. The molecule has 1 unspecified atom stereocenters. The highest BCUT2D eigenvalue weighted by Crippen LogP contribution is 2.30. The van der Waals surface area contributed by atoms with Crippen LogP contribution in [0.3, 0.4) is 0 Å². The van der Waals surface area contributed by atoms with Crippen molar-refractivity contribution < 1.29 is 13.6 Å². The summed E-state index contributed by atoms with van der Waals surface area (Å²) in [6, 6.07) is 12.5. The van der Waals surface area contributed by atoms with E-state index in [4.69, 9.17) is 0 Å². The maximum absolute atomic E-state index is 13.5. The fourth-order valence-electron chi connectivity index (χ4n) is 3.95. The molecule has 1 aliphatic heterocycles. The minimum Gasteiger partial charge on any atom is -0.301 e. The first-order chi connectivity index (χ1) is 15.0. The smallest absolute Gasteiger partial charge is 0.243 e. The predicted octanol–water partition coefficient (Wildman–Crippen LogP) is 4.16. The van der Waals surface area contributed by atoms with E-state index in [1.165, 1.54) is 35.6 Å². The van der Waals surface area contributed by atoms with Gasteiger partial charge in [-0.05, 0) is 42.3 Å². The molecule has 0 bridgehead atoms. The van der Waals surface area contributed by atoms with Gasteiger partial charge < -0.3 is 5.32 Å². The number of nitrogens with one attached hydrogen (secondary N) is 1. The number of amides is 1. The van der Waals surface area contributed by atoms with Gasteiger partial charge in [0.25, 0.3) is 0 Å². The normalized spacial score (nSPS) is 16.4. The number of nitrogens with zero attached hydrogens (tertiary/aromatic N) is 3. The van der Waals surface area contributed by atoms with Gasteiger partial charge in [0.15, 0.2) is 5.13 Å². The molecule has 2 aromatic carbocycles. The second-order valence-corrected chi connectivity index (χ2v) is 8.47. The van der Waals surface area contributed by atoms with E-state index in [0.717, 1.165) is 24.2 Å². The topological polar surface area (TPSA) is 48.5 Å². The highest BCUT2D eigenvalue weighted by atomic mass is 32.1. The molecule has 5 nitrogen and oxygen atoms in total. The Balaban J connectivity index is 1.46. The van der Waals surface area contributed by atoms with Crippen molar-refractivity contribution in [1.82, 2.24) is 14.8 Å². The molecule has 8 heteroatoms. The summed E-state index contributed by atoms with van der Waals surface area (Å²) in [4.78, 5) is 21.1. The van der Waals surface area contributed by atoms with Crippen molar-refractivity contribution in [3.63, 3.8) is 0 Å². The zero-order valence-electron chi connectivity index (χ0n) is 17.2. The third-order valence-corrected chi connectivity index (χ3v) is 6.36. The molecule has 3 aromatic rings. The van der Waals surface area contributed by atoms with E-state index >= 15 is 0 Å². The molecule has 1 aromatic heterocycles. The molecule has 1 amide bonds. The van der Waals surface area contributed by atoms with Gasteiger partial charge in [-0.2, -0.15) is 0 Å². The molecular weight excluding hydrogens is 418 g/mol. The van der Waals surface area contributed by atoms with Gasteiger partial charge in [-0.15, -0.1) is 11.3 Å². The van der Waals surface area contributed by atoms with Crippen LogP contribution in [0.15, 0.2) is 60.1 Å². The number of hydrogen-bond donors (Lipinski definition) is 1. The number of aromatic nitrogens is 1. The lowest BCUT2D eigenvalue weighted by Crippen LogP contribution is -2.53. The predicted molar refractivity (Wildman–Crippen MR) is 118 cm³/mol. The Bertz CT molecular complexity index is 942. The molecule has 2 heterocycles. The third kappa shape index (κ3) is 5.15. The number of halogens is 2. The van der Waals surface area contributed by atoms with Crippen molar-refractivity contribution in [2.75, 3.05) is 31.5 Å². The van der Waals surface area contributed by atoms with Crippen molar-refractivity contribution in [1.29, 1.82) is 0 Å². The second kappa shape index (κ2) is 9.64. The van der Waals surface area contributed by atoms with E-state index in [2.05, 4.69) is 20.1 Å². The summed E-state index contributed by atoms with van der Waals surface area (Å²) in [6.45, 7) is 4.79. The van der Waals surface area contributed by atoms with Crippen molar-refractivity contribution in [2.24, 2.45) is 0 Å². The molecule has 4 rings (SSSR count). The molecule has 1 N–H and O–H groups in total. The highest BCUT2D eigenvalue weighted by Gasteiger charge is 2.30. The van der Waals surface area contributed by atoms with Crippen molar-refractivity contribution in [2.45, 2.75) is 19.0 Å². The number of hydrogen-bond acceptors (Lipinski definition) is 5. The van der Waals surface area contributed by atoms with Crippen molar-refractivity contribution in [3.8, 4) is 0 Å². The van der Waals surface area contributed by atoms with Crippen LogP contribution in [0.4, 0.5) is 13.9 Å². The molecule has 162 valence electrons. The van der Waals surface area contributed by atoms with Gasteiger partial charge in [-0.25, -0.2) is 13.8 Å². The Kier molecular flexibility index (Phi) is 6.70. The molecule has 0 aliphatic carbocycles. The number of piperazine rings is 1. The van der Waals surface area contributed by atoms with Crippen LogP contribution in [0.5, 0.6) is 0 Å². The number of carbonyl (C=O) groups is 1. The van der Waals surface area contributed by atoms with Crippen LogP contribution < -0.4 is 5.32 Å². The zero-order chi connectivity index (χ0) is 21.8. The number of benzene rings is 2. The maximum atomic E-state index is 13.5. The summed E-state index contributed by atoms with van der Waals surface area (Å²) in [7, 11) is 0. The van der Waals surface area contributed by atoms with Crippen LogP contribution >= 0.6 is 11.3 Å². The van der Waals surface area contributed by atoms with E-state index in [-0.39, 0.29) is 29.6 Å². The van der Waals surface area contributed by atoms with Crippen LogP contribution in [0.2, 0.25) is 0 Å². The highest BCUT2D eigenvalue weighted by molar-refractivity contribution is 7.13. The van der Waals surface area contributed by atoms with E-state index in [9.17, 15) is 13.6 Å². The molecule has 0 spiro atoms. The van der Waals surface area contributed by atoms with E-state index in [1.54, 1.807) is 30.5 Å². The molecule has 1 saturated heterocycles. The second-order valence-electron chi connectivity index (χ2n) is 7.58. The first-order valence-corrected chi connectivity index (χ1v) is 11.1. The van der Waals surface area contributed by atoms with Crippen LogP contribution in [0, 0.1) is 11.6 Å². The van der Waals surface area contributed by atoms with Crippen LogP contribution in [0.25, 0.3) is 0 Å². The fourth-order valence-corrected chi connectivity index (χ4v) is 4.48. The van der Waals surface area contributed by atoms with Crippen molar-refractivity contribution in [3.05, 3.63) is 82.9 Å².